The van der Waals surface area contributed by atoms with E-state index in [1.54, 1.807) is 6.92 Å². The first-order chi connectivity index (χ1) is 13.1. The summed E-state index contributed by atoms with van der Waals surface area (Å²) in [7, 11) is 0. The van der Waals surface area contributed by atoms with Gasteiger partial charge in [0.1, 0.15) is 5.75 Å². The van der Waals surface area contributed by atoms with Gasteiger partial charge in [-0.3, -0.25) is 4.79 Å². The number of anilines is 1. The summed E-state index contributed by atoms with van der Waals surface area (Å²) in [5.74, 6) is 0.219. The number of nitrogens with one attached hydrogen (secondary N) is 1. The van der Waals surface area contributed by atoms with Crippen molar-refractivity contribution >= 4 is 17.6 Å². The first-order valence-corrected chi connectivity index (χ1v) is 9.93. The molecule has 1 N–H and O–H groups in total. The summed E-state index contributed by atoms with van der Waals surface area (Å²) in [6.07, 6.45) is 4.21. The maximum Gasteiger partial charge on any atom is 0.347 e. The lowest BCUT2D eigenvalue weighted by Crippen LogP contribution is -2.29. The van der Waals surface area contributed by atoms with Crippen molar-refractivity contribution in [1.29, 1.82) is 0 Å². The highest BCUT2D eigenvalue weighted by Gasteiger charge is 2.20. The zero-order valence-electron chi connectivity index (χ0n) is 16.8. The van der Waals surface area contributed by atoms with Gasteiger partial charge in [0.05, 0.1) is 13.2 Å². The fraction of sp³-hybridized carbons (Fsp3) is 0.619. The minimum atomic E-state index is -0.562. The highest BCUT2D eigenvalue weighted by Crippen LogP contribution is 2.19. The van der Waals surface area contributed by atoms with E-state index in [1.807, 2.05) is 38.1 Å². The van der Waals surface area contributed by atoms with Crippen LogP contribution in [0.5, 0.6) is 5.75 Å². The van der Waals surface area contributed by atoms with Gasteiger partial charge in [0.25, 0.3) is 0 Å². The molecule has 0 spiro atoms. The topological polar surface area (TPSA) is 73.9 Å². The van der Waals surface area contributed by atoms with Crippen molar-refractivity contribution in [3.05, 3.63) is 24.3 Å². The lowest BCUT2D eigenvalue weighted by Gasteiger charge is -2.17. The minimum Gasteiger partial charge on any atom is -0.479 e. The fourth-order valence-corrected chi connectivity index (χ4v) is 2.57. The standard InChI is InChI=1S/C21H33NO5/c1-4-10-19(21(24)26-6-3)27-18-14-12-17(13-15-18)22-16-9-7-8-11-20(23)25-5-2/h12-15,19,22H,4-11,16H2,1-3H3. The van der Waals surface area contributed by atoms with Crippen molar-refractivity contribution in [1.82, 2.24) is 0 Å². The Kier molecular flexibility index (Phi) is 11.7. The maximum atomic E-state index is 11.9. The molecule has 1 aromatic rings. The molecule has 0 aliphatic rings. The Morgan fingerprint density at radius 2 is 1.67 bits per heavy atom. The SMILES string of the molecule is CCCC(Oc1ccc(NCCCCCC(=O)OCC)cc1)C(=O)OCC. The lowest BCUT2D eigenvalue weighted by molar-refractivity contribution is -0.151. The molecule has 27 heavy (non-hydrogen) atoms. The van der Waals surface area contributed by atoms with Crippen LogP contribution in [0.2, 0.25) is 0 Å². The van der Waals surface area contributed by atoms with Crippen molar-refractivity contribution in [2.24, 2.45) is 0 Å². The summed E-state index contributed by atoms with van der Waals surface area (Å²) in [4.78, 5) is 23.2. The zero-order valence-corrected chi connectivity index (χ0v) is 16.8. The average molecular weight is 379 g/mol. The van der Waals surface area contributed by atoms with Gasteiger partial charge in [-0.1, -0.05) is 19.8 Å². The van der Waals surface area contributed by atoms with Gasteiger partial charge in [0.15, 0.2) is 6.10 Å². The molecule has 0 heterocycles. The molecule has 1 aromatic carbocycles. The van der Waals surface area contributed by atoms with E-state index in [-0.39, 0.29) is 11.9 Å². The number of hydrogen-bond acceptors (Lipinski definition) is 6. The number of carbonyl (C=O) groups excluding carboxylic acids is 2. The molecule has 1 rings (SSSR count). The molecule has 0 bridgehead atoms. The molecule has 0 fully saturated rings. The van der Waals surface area contributed by atoms with Crippen LogP contribution < -0.4 is 10.1 Å². The van der Waals surface area contributed by atoms with Gasteiger partial charge in [-0.15, -0.1) is 0 Å². The van der Waals surface area contributed by atoms with Crippen LogP contribution in [0.3, 0.4) is 0 Å². The molecule has 0 aliphatic heterocycles. The highest BCUT2D eigenvalue weighted by molar-refractivity contribution is 5.75. The van der Waals surface area contributed by atoms with Gasteiger partial charge in [0, 0.05) is 18.7 Å². The molecule has 1 unspecified atom stereocenters. The van der Waals surface area contributed by atoms with E-state index in [0.29, 0.717) is 31.8 Å². The van der Waals surface area contributed by atoms with E-state index in [9.17, 15) is 9.59 Å². The Morgan fingerprint density at radius 1 is 0.963 bits per heavy atom. The quantitative estimate of drug-likeness (QED) is 0.383. The summed E-state index contributed by atoms with van der Waals surface area (Å²) >= 11 is 0. The van der Waals surface area contributed by atoms with E-state index in [2.05, 4.69) is 5.32 Å². The normalized spacial score (nSPS) is 11.5. The molecule has 6 nitrogen and oxygen atoms in total. The van der Waals surface area contributed by atoms with Crippen molar-refractivity contribution < 1.29 is 23.8 Å². The fourth-order valence-electron chi connectivity index (χ4n) is 2.57. The molecule has 0 saturated carbocycles. The van der Waals surface area contributed by atoms with Crippen LogP contribution in [0.4, 0.5) is 5.69 Å². The van der Waals surface area contributed by atoms with Crippen LogP contribution in [-0.4, -0.2) is 37.8 Å². The number of benzene rings is 1. The molecule has 6 heteroatoms. The molecule has 0 radical (unpaired) electrons. The summed E-state index contributed by atoms with van der Waals surface area (Å²) < 4.78 is 15.7. The average Bonchev–Trinajstić information content (AvgIpc) is 2.66. The van der Waals surface area contributed by atoms with Crippen molar-refractivity contribution in [2.75, 3.05) is 25.1 Å². The van der Waals surface area contributed by atoms with E-state index < -0.39 is 6.10 Å². The van der Waals surface area contributed by atoms with E-state index in [1.165, 1.54) is 0 Å². The van der Waals surface area contributed by atoms with E-state index in [4.69, 9.17) is 14.2 Å². The zero-order chi connectivity index (χ0) is 19.9. The number of esters is 2. The Morgan fingerprint density at radius 3 is 2.30 bits per heavy atom. The van der Waals surface area contributed by atoms with E-state index in [0.717, 1.165) is 37.9 Å². The molecule has 1 atom stereocenters. The number of carbonyl (C=O) groups is 2. The number of ether oxygens (including phenoxy) is 3. The Bertz CT molecular complexity index is 544. The molecule has 0 aromatic heterocycles. The second-order valence-electron chi connectivity index (χ2n) is 6.21. The third-order valence-corrected chi connectivity index (χ3v) is 3.93. The van der Waals surface area contributed by atoms with Gasteiger partial charge in [0.2, 0.25) is 0 Å². The van der Waals surface area contributed by atoms with Crippen LogP contribution in [-0.2, 0) is 19.1 Å². The van der Waals surface area contributed by atoms with Crippen molar-refractivity contribution in [3.8, 4) is 5.75 Å². The summed E-state index contributed by atoms with van der Waals surface area (Å²) in [6, 6.07) is 7.57. The lowest BCUT2D eigenvalue weighted by atomic mass is 10.2. The van der Waals surface area contributed by atoms with E-state index >= 15 is 0 Å². The third-order valence-electron chi connectivity index (χ3n) is 3.93. The first kappa shape index (κ1) is 22.8. The molecular weight excluding hydrogens is 346 g/mol. The summed E-state index contributed by atoms with van der Waals surface area (Å²) in [6.45, 7) is 7.25. The molecule has 0 amide bonds. The largest absolute Gasteiger partial charge is 0.479 e. The monoisotopic (exact) mass is 379 g/mol. The molecule has 0 aliphatic carbocycles. The Labute approximate surface area is 162 Å². The third kappa shape index (κ3) is 9.87. The smallest absolute Gasteiger partial charge is 0.347 e. The Balaban J connectivity index is 2.32. The highest BCUT2D eigenvalue weighted by atomic mass is 16.6. The Hall–Kier alpha value is -2.24. The second kappa shape index (κ2) is 13.9. The van der Waals surface area contributed by atoms with Gasteiger partial charge in [-0.05, 0) is 57.4 Å². The van der Waals surface area contributed by atoms with Crippen LogP contribution in [0.25, 0.3) is 0 Å². The summed E-state index contributed by atoms with van der Waals surface area (Å²) in [5, 5.41) is 3.34. The predicted molar refractivity (Wildman–Crippen MR) is 106 cm³/mol. The number of unbranched alkanes of at least 4 members (excludes halogenated alkanes) is 2. The van der Waals surface area contributed by atoms with Crippen LogP contribution in [0.1, 0.15) is 59.3 Å². The van der Waals surface area contributed by atoms with Crippen molar-refractivity contribution in [3.63, 3.8) is 0 Å². The van der Waals surface area contributed by atoms with Crippen LogP contribution in [0.15, 0.2) is 24.3 Å². The maximum absolute atomic E-state index is 11.9. The van der Waals surface area contributed by atoms with Gasteiger partial charge in [-0.2, -0.15) is 0 Å². The van der Waals surface area contributed by atoms with Gasteiger partial charge >= 0.3 is 11.9 Å². The number of hydrogen-bond donors (Lipinski definition) is 1. The van der Waals surface area contributed by atoms with Crippen molar-refractivity contribution in [2.45, 2.75) is 65.4 Å². The second-order valence-corrected chi connectivity index (χ2v) is 6.21. The summed E-state index contributed by atoms with van der Waals surface area (Å²) in [5.41, 5.74) is 0.996. The van der Waals surface area contributed by atoms with Gasteiger partial charge < -0.3 is 19.5 Å². The minimum absolute atomic E-state index is 0.120. The van der Waals surface area contributed by atoms with Gasteiger partial charge in [-0.25, -0.2) is 4.79 Å². The van der Waals surface area contributed by atoms with Crippen LogP contribution in [0, 0.1) is 0 Å². The molecular formula is C21H33NO5. The predicted octanol–water partition coefficient (Wildman–Crippen LogP) is 4.33. The molecule has 152 valence electrons. The van der Waals surface area contributed by atoms with Crippen LogP contribution >= 0.6 is 0 Å². The number of rotatable bonds is 14. The first-order valence-electron chi connectivity index (χ1n) is 9.93. The molecule has 0 saturated heterocycles.